The Morgan fingerprint density at radius 2 is 2.10 bits per heavy atom. The van der Waals surface area contributed by atoms with Crippen LogP contribution in [0.15, 0.2) is 5.38 Å². The van der Waals surface area contributed by atoms with Crippen LogP contribution in [0.1, 0.15) is 24.5 Å². The lowest BCUT2D eigenvalue weighted by atomic mass is 10.2. The van der Waals surface area contributed by atoms with Crippen LogP contribution < -0.4 is 0 Å². The molecule has 0 bridgehead atoms. The van der Waals surface area contributed by atoms with Gasteiger partial charge in [-0.15, -0.1) is 22.9 Å². The Bertz CT molecular complexity index is 504. The molecule has 0 aliphatic carbocycles. The second-order valence-electron chi connectivity index (χ2n) is 5.00. The molecule has 0 spiro atoms. The molecule has 0 aromatic carbocycles. The summed E-state index contributed by atoms with van der Waals surface area (Å²) < 4.78 is 0. The van der Waals surface area contributed by atoms with Crippen molar-refractivity contribution in [3.63, 3.8) is 0 Å². The first-order valence-electron chi connectivity index (χ1n) is 6.62. The molecule has 2 amide bonds. The van der Waals surface area contributed by atoms with E-state index in [1.807, 2.05) is 19.2 Å². The Morgan fingerprint density at radius 1 is 1.35 bits per heavy atom. The van der Waals surface area contributed by atoms with Gasteiger partial charge < -0.3 is 9.80 Å². The Morgan fingerprint density at radius 3 is 2.70 bits per heavy atom. The number of thiazole rings is 1. The lowest BCUT2D eigenvalue weighted by Gasteiger charge is -2.35. The van der Waals surface area contributed by atoms with Crippen molar-refractivity contribution in [3.8, 4) is 0 Å². The molecule has 1 aliphatic rings. The molecule has 2 rings (SSSR count). The van der Waals surface area contributed by atoms with Gasteiger partial charge in [-0.05, 0) is 13.8 Å². The average molecular weight is 316 g/mol. The lowest BCUT2D eigenvalue weighted by molar-refractivity contribution is -0.157. The Kier molecular flexibility index (Phi) is 4.99. The molecule has 0 unspecified atom stereocenters. The number of carbonyl (C=O) groups excluding carboxylic acids is 2. The minimum absolute atomic E-state index is 0.0684. The summed E-state index contributed by atoms with van der Waals surface area (Å²) in [5.41, 5.74) is 0.860. The molecule has 1 fully saturated rings. The fourth-order valence-corrected chi connectivity index (χ4v) is 3.17. The first-order chi connectivity index (χ1) is 9.52. The van der Waals surface area contributed by atoms with Crippen LogP contribution in [0.25, 0.3) is 0 Å². The maximum atomic E-state index is 12.0. The van der Waals surface area contributed by atoms with Crippen LogP contribution in [-0.4, -0.2) is 52.3 Å². The molecule has 2 heterocycles. The van der Waals surface area contributed by atoms with Gasteiger partial charge >= 0.3 is 11.8 Å². The highest BCUT2D eigenvalue weighted by Crippen LogP contribution is 2.14. The summed E-state index contributed by atoms with van der Waals surface area (Å²) in [6.45, 7) is 5.57. The molecule has 0 saturated carbocycles. The topological polar surface area (TPSA) is 53.5 Å². The number of nitrogens with zero attached hydrogens (tertiary/aromatic N) is 3. The molecule has 1 aromatic rings. The predicted octanol–water partition coefficient (Wildman–Crippen LogP) is 1.50. The molecule has 7 heteroatoms. The van der Waals surface area contributed by atoms with E-state index >= 15 is 0 Å². The van der Waals surface area contributed by atoms with Crippen LogP contribution in [0.4, 0.5) is 0 Å². The van der Waals surface area contributed by atoms with E-state index in [1.54, 1.807) is 21.1 Å². The van der Waals surface area contributed by atoms with Crippen molar-refractivity contribution in [1.82, 2.24) is 14.8 Å². The number of aromatic nitrogens is 1. The molecule has 5 nitrogen and oxygen atoms in total. The summed E-state index contributed by atoms with van der Waals surface area (Å²) in [4.78, 5) is 31.5. The number of alkyl halides is 1. The lowest BCUT2D eigenvalue weighted by Crippen LogP contribution is -2.56. The van der Waals surface area contributed by atoms with Crippen molar-refractivity contribution in [2.75, 3.05) is 19.6 Å². The number of halogens is 1. The van der Waals surface area contributed by atoms with Gasteiger partial charge in [0.15, 0.2) is 0 Å². The van der Waals surface area contributed by atoms with Gasteiger partial charge in [-0.3, -0.25) is 9.59 Å². The SMILES string of the molecule is CC(C)N1CCN(CCc2nc(CCl)cs2)C(=O)C1=O. The van der Waals surface area contributed by atoms with Crippen LogP contribution >= 0.6 is 22.9 Å². The number of piperazine rings is 1. The predicted molar refractivity (Wildman–Crippen MR) is 78.8 cm³/mol. The van der Waals surface area contributed by atoms with Gasteiger partial charge in [0, 0.05) is 37.5 Å². The summed E-state index contributed by atoms with van der Waals surface area (Å²) in [6.07, 6.45) is 0.669. The molecular formula is C13H18ClN3O2S. The van der Waals surface area contributed by atoms with E-state index in [0.717, 1.165) is 10.7 Å². The molecule has 0 N–H and O–H groups in total. The van der Waals surface area contributed by atoms with E-state index in [2.05, 4.69) is 4.98 Å². The zero-order chi connectivity index (χ0) is 14.7. The first-order valence-corrected chi connectivity index (χ1v) is 8.03. The van der Waals surface area contributed by atoms with Gasteiger partial charge in [-0.2, -0.15) is 0 Å². The Hall–Kier alpha value is -1.14. The summed E-state index contributed by atoms with van der Waals surface area (Å²) in [5.74, 6) is -0.396. The highest BCUT2D eigenvalue weighted by molar-refractivity contribution is 7.09. The Balaban J connectivity index is 1.91. The van der Waals surface area contributed by atoms with Gasteiger partial charge in [0.25, 0.3) is 0 Å². The van der Waals surface area contributed by atoms with E-state index < -0.39 is 11.8 Å². The number of carbonyl (C=O) groups is 2. The van der Waals surface area contributed by atoms with Crippen molar-refractivity contribution in [3.05, 3.63) is 16.1 Å². The third-order valence-corrected chi connectivity index (χ3v) is 4.53. The Labute approximate surface area is 127 Å². The quantitative estimate of drug-likeness (QED) is 0.611. The van der Waals surface area contributed by atoms with Gasteiger partial charge in [-0.25, -0.2) is 4.98 Å². The van der Waals surface area contributed by atoms with Gasteiger partial charge in [0.1, 0.15) is 0 Å². The normalized spacial score (nSPS) is 16.4. The number of hydrogen-bond acceptors (Lipinski definition) is 4. The van der Waals surface area contributed by atoms with Crippen LogP contribution in [0.5, 0.6) is 0 Å². The second-order valence-corrected chi connectivity index (χ2v) is 6.21. The maximum Gasteiger partial charge on any atom is 0.312 e. The smallest absolute Gasteiger partial charge is 0.312 e. The first kappa shape index (κ1) is 15.3. The van der Waals surface area contributed by atoms with Crippen molar-refractivity contribution >= 4 is 34.8 Å². The van der Waals surface area contributed by atoms with E-state index in [0.29, 0.717) is 31.9 Å². The van der Waals surface area contributed by atoms with Gasteiger partial charge in [0.05, 0.1) is 16.6 Å². The van der Waals surface area contributed by atoms with E-state index in [4.69, 9.17) is 11.6 Å². The fraction of sp³-hybridized carbons (Fsp3) is 0.615. The molecule has 1 saturated heterocycles. The third kappa shape index (κ3) is 3.30. The second kappa shape index (κ2) is 6.54. The minimum atomic E-state index is -0.404. The molecular weight excluding hydrogens is 298 g/mol. The average Bonchev–Trinajstić information content (AvgIpc) is 2.88. The van der Waals surface area contributed by atoms with E-state index in [1.165, 1.54) is 0 Å². The number of hydrogen-bond donors (Lipinski definition) is 0. The van der Waals surface area contributed by atoms with Crippen molar-refractivity contribution < 1.29 is 9.59 Å². The zero-order valence-corrected chi connectivity index (χ0v) is 13.2. The van der Waals surface area contributed by atoms with Crippen molar-refractivity contribution in [1.29, 1.82) is 0 Å². The van der Waals surface area contributed by atoms with Gasteiger partial charge in [-0.1, -0.05) is 0 Å². The molecule has 1 aromatic heterocycles. The van der Waals surface area contributed by atoms with E-state index in [-0.39, 0.29) is 6.04 Å². The summed E-state index contributed by atoms with van der Waals surface area (Å²) in [6, 6.07) is 0.0684. The molecule has 110 valence electrons. The fourth-order valence-electron chi connectivity index (χ4n) is 2.15. The van der Waals surface area contributed by atoms with Crippen molar-refractivity contribution in [2.45, 2.75) is 32.2 Å². The van der Waals surface area contributed by atoms with Crippen LogP contribution in [0.3, 0.4) is 0 Å². The summed E-state index contributed by atoms with van der Waals surface area (Å²) in [7, 11) is 0. The van der Waals surface area contributed by atoms with Crippen molar-refractivity contribution in [2.24, 2.45) is 0 Å². The van der Waals surface area contributed by atoms with Crippen LogP contribution in [-0.2, 0) is 21.9 Å². The van der Waals surface area contributed by atoms with Crippen LogP contribution in [0, 0.1) is 0 Å². The molecule has 20 heavy (non-hydrogen) atoms. The maximum absolute atomic E-state index is 12.0. The standard InChI is InChI=1S/C13H18ClN3O2S/c1-9(2)17-6-5-16(12(18)13(17)19)4-3-11-15-10(7-14)8-20-11/h8-9H,3-7H2,1-2H3. The van der Waals surface area contributed by atoms with Crippen LogP contribution in [0.2, 0.25) is 0 Å². The third-order valence-electron chi connectivity index (χ3n) is 3.30. The molecule has 1 aliphatic heterocycles. The molecule has 0 radical (unpaired) electrons. The summed E-state index contributed by atoms with van der Waals surface area (Å²) >= 11 is 7.25. The summed E-state index contributed by atoms with van der Waals surface area (Å²) in [5, 5.41) is 2.87. The highest BCUT2D eigenvalue weighted by atomic mass is 35.5. The monoisotopic (exact) mass is 315 g/mol. The highest BCUT2D eigenvalue weighted by Gasteiger charge is 2.33. The number of rotatable bonds is 5. The van der Waals surface area contributed by atoms with E-state index in [9.17, 15) is 9.59 Å². The minimum Gasteiger partial charge on any atom is -0.332 e. The largest absolute Gasteiger partial charge is 0.332 e. The zero-order valence-electron chi connectivity index (χ0n) is 11.6. The van der Waals surface area contributed by atoms with Gasteiger partial charge in [0.2, 0.25) is 0 Å². The number of amides is 2. The molecule has 0 atom stereocenters.